The number of amides is 1. The van der Waals surface area contributed by atoms with Crippen LogP contribution in [-0.2, 0) is 0 Å². The maximum absolute atomic E-state index is 12.5. The van der Waals surface area contributed by atoms with E-state index in [1.165, 1.54) is 0 Å². The van der Waals surface area contributed by atoms with Crippen molar-refractivity contribution in [2.45, 2.75) is 32.8 Å². The lowest BCUT2D eigenvalue weighted by molar-refractivity contribution is 0.00586. The molecule has 1 heterocycles. The zero-order valence-corrected chi connectivity index (χ0v) is 14.5. The van der Waals surface area contributed by atoms with E-state index in [2.05, 4.69) is 10.3 Å². The molecule has 0 fully saturated rings. The largest absolute Gasteiger partial charge is 0.388 e. The van der Waals surface area contributed by atoms with Gasteiger partial charge in [-0.25, -0.2) is 0 Å². The van der Waals surface area contributed by atoms with Crippen LogP contribution in [-0.4, -0.2) is 32.7 Å². The van der Waals surface area contributed by atoms with Gasteiger partial charge in [0.1, 0.15) is 5.69 Å². The second-order valence-electron chi connectivity index (χ2n) is 6.00. The molecule has 1 aromatic carbocycles. The molecule has 2 aromatic rings. The first-order valence-electron chi connectivity index (χ1n) is 7.73. The van der Waals surface area contributed by atoms with Crippen LogP contribution in [0.1, 0.15) is 37.7 Å². The van der Waals surface area contributed by atoms with Gasteiger partial charge in [0.2, 0.25) is 0 Å². The fourth-order valence-electron chi connectivity index (χ4n) is 2.33. The summed E-state index contributed by atoms with van der Waals surface area (Å²) in [6, 6.07) is 9.45. The Morgan fingerprint density at radius 2 is 2.09 bits per heavy atom. The van der Waals surface area contributed by atoms with Gasteiger partial charge in [-0.05, 0) is 37.2 Å². The fourth-order valence-corrected chi connectivity index (χ4v) is 2.60. The summed E-state index contributed by atoms with van der Waals surface area (Å²) in [7, 11) is 0. The molecule has 0 bridgehead atoms. The van der Waals surface area contributed by atoms with Crippen LogP contribution in [0, 0.1) is 10.7 Å². The van der Waals surface area contributed by atoms with Gasteiger partial charge in [0, 0.05) is 18.4 Å². The highest BCUT2D eigenvalue weighted by Crippen LogP contribution is 2.19. The van der Waals surface area contributed by atoms with Gasteiger partial charge in [-0.3, -0.25) is 9.36 Å². The third-order valence-electron chi connectivity index (χ3n) is 4.30. The Morgan fingerprint density at radius 1 is 1.43 bits per heavy atom. The van der Waals surface area contributed by atoms with E-state index in [4.69, 9.17) is 12.2 Å². The molecule has 0 aliphatic heterocycles. The molecule has 0 saturated heterocycles. The molecule has 124 valence electrons. The summed E-state index contributed by atoms with van der Waals surface area (Å²) in [4.78, 5) is 15.4. The first-order chi connectivity index (χ1) is 10.9. The van der Waals surface area contributed by atoms with Crippen LogP contribution in [0.4, 0.5) is 0 Å². The van der Waals surface area contributed by atoms with Gasteiger partial charge in [0.05, 0.1) is 5.60 Å². The molecule has 0 radical (unpaired) electrons. The first-order valence-corrected chi connectivity index (χ1v) is 8.14. The number of carbonyl (C=O) groups excluding carboxylic acids is 1. The molecule has 5 nitrogen and oxygen atoms in total. The van der Waals surface area contributed by atoms with Crippen LogP contribution in [0.25, 0.3) is 5.69 Å². The van der Waals surface area contributed by atoms with E-state index in [1.807, 2.05) is 44.2 Å². The predicted octanol–water partition coefficient (Wildman–Crippen LogP) is 3.06. The van der Waals surface area contributed by atoms with E-state index < -0.39 is 5.60 Å². The number of para-hydroxylation sites is 1. The van der Waals surface area contributed by atoms with Gasteiger partial charge in [0.15, 0.2) is 4.77 Å². The lowest BCUT2D eigenvalue weighted by Crippen LogP contribution is -2.45. The van der Waals surface area contributed by atoms with Gasteiger partial charge in [0.25, 0.3) is 5.91 Å². The van der Waals surface area contributed by atoms with Crippen molar-refractivity contribution in [1.29, 1.82) is 0 Å². The first kappa shape index (κ1) is 17.4. The summed E-state index contributed by atoms with van der Waals surface area (Å²) in [5.41, 5.74) is 0.286. The van der Waals surface area contributed by atoms with Crippen LogP contribution in [0.5, 0.6) is 0 Å². The molecule has 3 N–H and O–H groups in total. The van der Waals surface area contributed by atoms with Crippen LogP contribution < -0.4 is 5.32 Å². The third-order valence-corrected chi connectivity index (χ3v) is 4.60. The maximum atomic E-state index is 12.5. The Hall–Kier alpha value is -1.92. The number of hydrogen-bond acceptors (Lipinski definition) is 3. The van der Waals surface area contributed by atoms with Gasteiger partial charge >= 0.3 is 0 Å². The Balaban J connectivity index is 2.20. The Morgan fingerprint density at radius 3 is 2.70 bits per heavy atom. The molecule has 2 unspecified atom stereocenters. The standard InChI is InChI=1S/C17H23N3O2S/c1-4-12(2)17(3,22)11-19-15(21)14-10-18-16(23)20(14)13-8-6-5-7-9-13/h5-10,12,22H,4,11H2,1-3H3,(H,18,23)(H,19,21). The van der Waals surface area contributed by atoms with E-state index in [0.29, 0.717) is 10.5 Å². The van der Waals surface area contributed by atoms with E-state index in [-0.39, 0.29) is 18.4 Å². The minimum Gasteiger partial charge on any atom is -0.388 e. The second kappa shape index (κ2) is 7.10. The van der Waals surface area contributed by atoms with Crippen molar-refractivity contribution in [3.05, 3.63) is 47.0 Å². The number of imidazole rings is 1. The average molecular weight is 333 g/mol. The zero-order chi connectivity index (χ0) is 17.0. The molecular weight excluding hydrogens is 310 g/mol. The molecular formula is C17H23N3O2S. The smallest absolute Gasteiger partial charge is 0.269 e. The van der Waals surface area contributed by atoms with Gasteiger partial charge in [-0.2, -0.15) is 0 Å². The van der Waals surface area contributed by atoms with Crippen LogP contribution >= 0.6 is 12.2 Å². The van der Waals surface area contributed by atoms with E-state index >= 15 is 0 Å². The van der Waals surface area contributed by atoms with Gasteiger partial charge in [-0.1, -0.05) is 38.5 Å². The molecule has 2 atom stereocenters. The quantitative estimate of drug-likeness (QED) is 0.712. The summed E-state index contributed by atoms with van der Waals surface area (Å²) in [6.07, 6.45) is 2.43. The summed E-state index contributed by atoms with van der Waals surface area (Å²) >= 11 is 5.27. The van der Waals surface area contributed by atoms with Crippen molar-refractivity contribution in [2.24, 2.45) is 5.92 Å². The molecule has 2 rings (SSSR count). The Bertz CT molecular complexity index is 719. The molecule has 0 spiro atoms. The molecule has 0 aliphatic carbocycles. The fraction of sp³-hybridized carbons (Fsp3) is 0.412. The van der Waals surface area contributed by atoms with Crippen LogP contribution in [0.3, 0.4) is 0 Å². The number of aliphatic hydroxyl groups is 1. The number of carbonyl (C=O) groups is 1. The highest BCUT2D eigenvalue weighted by Gasteiger charge is 2.28. The summed E-state index contributed by atoms with van der Waals surface area (Å²) in [5.74, 6) is -0.186. The van der Waals surface area contributed by atoms with Crippen molar-refractivity contribution in [1.82, 2.24) is 14.9 Å². The molecule has 1 aromatic heterocycles. The number of aromatic nitrogens is 2. The van der Waals surface area contributed by atoms with Crippen LogP contribution in [0.2, 0.25) is 0 Å². The van der Waals surface area contributed by atoms with Crippen molar-refractivity contribution < 1.29 is 9.90 Å². The number of benzene rings is 1. The lowest BCUT2D eigenvalue weighted by atomic mass is 9.88. The van der Waals surface area contributed by atoms with Gasteiger partial charge in [-0.15, -0.1) is 0 Å². The predicted molar refractivity (Wildman–Crippen MR) is 93.4 cm³/mol. The molecule has 0 aliphatic rings. The minimum atomic E-state index is -0.949. The molecule has 6 heteroatoms. The number of nitrogens with one attached hydrogen (secondary N) is 2. The van der Waals surface area contributed by atoms with Crippen molar-refractivity contribution in [3.63, 3.8) is 0 Å². The normalized spacial score (nSPS) is 15.0. The molecule has 1 amide bonds. The number of H-pyrrole nitrogens is 1. The third kappa shape index (κ3) is 3.89. The number of rotatable bonds is 6. The van der Waals surface area contributed by atoms with Crippen molar-refractivity contribution >= 4 is 18.1 Å². The number of hydrogen-bond donors (Lipinski definition) is 3. The summed E-state index contributed by atoms with van der Waals surface area (Å²) < 4.78 is 2.14. The van der Waals surface area contributed by atoms with Crippen molar-refractivity contribution in [3.8, 4) is 5.69 Å². The SMILES string of the molecule is CCC(C)C(C)(O)CNC(=O)c1c[nH]c(=S)n1-c1ccccc1. The molecule has 0 saturated carbocycles. The topological polar surface area (TPSA) is 70.1 Å². The highest BCUT2D eigenvalue weighted by atomic mass is 32.1. The van der Waals surface area contributed by atoms with Crippen molar-refractivity contribution in [2.75, 3.05) is 6.54 Å². The summed E-state index contributed by atoms with van der Waals surface area (Å²) in [5, 5.41) is 13.2. The monoisotopic (exact) mass is 333 g/mol. The average Bonchev–Trinajstić information content (AvgIpc) is 2.94. The van der Waals surface area contributed by atoms with E-state index in [9.17, 15) is 9.90 Å². The second-order valence-corrected chi connectivity index (χ2v) is 6.39. The number of nitrogens with zero attached hydrogens (tertiary/aromatic N) is 1. The minimum absolute atomic E-state index is 0.0878. The Kier molecular flexibility index (Phi) is 5.38. The molecule has 23 heavy (non-hydrogen) atoms. The maximum Gasteiger partial charge on any atom is 0.269 e. The lowest BCUT2D eigenvalue weighted by Gasteiger charge is -2.29. The zero-order valence-electron chi connectivity index (χ0n) is 13.7. The Labute approximate surface area is 141 Å². The van der Waals surface area contributed by atoms with Crippen LogP contribution in [0.15, 0.2) is 36.5 Å². The number of aromatic amines is 1. The van der Waals surface area contributed by atoms with Gasteiger partial charge < -0.3 is 15.4 Å². The highest BCUT2D eigenvalue weighted by molar-refractivity contribution is 7.71. The van der Waals surface area contributed by atoms with E-state index in [0.717, 1.165) is 12.1 Å². The summed E-state index contributed by atoms with van der Waals surface area (Å²) in [6.45, 7) is 5.91. The van der Waals surface area contributed by atoms with E-state index in [1.54, 1.807) is 17.7 Å².